The first kappa shape index (κ1) is 9.93. The fourth-order valence-electron chi connectivity index (χ4n) is 2.54. The molecule has 1 aromatic heterocycles. The third kappa shape index (κ3) is 1.30. The van der Waals surface area contributed by atoms with Gasteiger partial charge in [0.05, 0.1) is 18.9 Å². The van der Waals surface area contributed by atoms with Crippen molar-refractivity contribution in [2.24, 2.45) is 0 Å². The molecule has 4 heteroatoms. The van der Waals surface area contributed by atoms with Crippen LogP contribution in [0.25, 0.3) is 0 Å². The minimum atomic E-state index is -0.396. The Morgan fingerprint density at radius 1 is 1.44 bits per heavy atom. The minimum absolute atomic E-state index is 0.396. The summed E-state index contributed by atoms with van der Waals surface area (Å²) in [6.45, 7) is 1.89. The highest BCUT2D eigenvalue weighted by Crippen LogP contribution is 2.38. The van der Waals surface area contributed by atoms with Crippen molar-refractivity contribution in [1.82, 2.24) is 4.98 Å². The van der Waals surface area contributed by atoms with Gasteiger partial charge in [0, 0.05) is 24.8 Å². The highest BCUT2D eigenvalue weighted by Gasteiger charge is 2.43. The number of ether oxygens (including phenoxy) is 2. The lowest BCUT2D eigenvalue weighted by atomic mass is 9.88. The van der Waals surface area contributed by atoms with Crippen LogP contribution in [0.2, 0.25) is 0 Å². The molecule has 0 bridgehead atoms. The molecule has 0 aromatic carbocycles. The molecule has 1 unspecified atom stereocenters. The van der Waals surface area contributed by atoms with Crippen LogP contribution in [0, 0.1) is 0 Å². The second kappa shape index (κ2) is 3.64. The van der Waals surface area contributed by atoms with Gasteiger partial charge in [-0.3, -0.25) is 9.78 Å². The van der Waals surface area contributed by atoms with Crippen LogP contribution in [0.4, 0.5) is 0 Å². The lowest BCUT2D eigenvalue weighted by Crippen LogP contribution is -2.37. The summed E-state index contributed by atoms with van der Waals surface area (Å²) in [5.74, 6) is 0. The zero-order valence-electron chi connectivity index (χ0n) is 8.94. The zero-order valence-corrected chi connectivity index (χ0v) is 8.94. The Morgan fingerprint density at radius 3 is 3.12 bits per heavy atom. The van der Waals surface area contributed by atoms with Crippen LogP contribution in [0.3, 0.4) is 0 Å². The highest BCUT2D eigenvalue weighted by atomic mass is 16.6. The standard InChI is InChI=1S/C12H13NO3/c14-7-9-1-4-13-11-10(9)2-5-16-12(11)3-6-15-8-12/h1,4,7H,2-3,5-6,8H2. The number of hydrogen-bond acceptors (Lipinski definition) is 4. The van der Waals surface area contributed by atoms with Gasteiger partial charge < -0.3 is 9.47 Å². The zero-order chi connectivity index (χ0) is 11.0. The van der Waals surface area contributed by atoms with Crippen LogP contribution >= 0.6 is 0 Å². The number of aromatic nitrogens is 1. The largest absolute Gasteiger partial charge is 0.378 e. The number of rotatable bonds is 1. The molecule has 2 aliphatic heterocycles. The molecular weight excluding hydrogens is 206 g/mol. The average molecular weight is 219 g/mol. The number of carbonyl (C=O) groups is 1. The maximum atomic E-state index is 11.0. The molecule has 1 fully saturated rings. The van der Waals surface area contributed by atoms with E-state index >= 15 is 0 Å². The maximum Gasteiger partial charge on any atom is 0.150 e. The summed E-state index contributed by atoms with van der Waals surface area (Å²) >= 11 is 0. The fraction of sp³-hybridized carbons (Fsp3) is 0.500. The van der Waals surface area contributed by atoms with E-state index in [1.54, 1.807) is 12.3 Å². The Hall–Kier alpha value is -1.26. The van der Waals surface area contributed by atoms with E-state index in [2.05, 4.69) is 4.98 Å². The maximum absolute atomic E-state index is 11.0. The first-order valence-corrected chi connectivity index (χ1v) is 5.51. The highest BCUT2D eigenvalue weighted by molar-refractivity contribution is 5.77. The normalized spacial score (nSPS) is 28.0. The van der Waals surface area contributed by atoms with Crippen molar-refractivity contribution in [1.29, 1.82) is 0 Å². The summed E-state index contributed by atoms with van der Waals surface area (Å²) in [6, 6.07) is 1.76. The smallest absolute Gasteiger partial charge is 0.150 e. The molecule has 1 spiro atoms. The number of nitrogens with zero attached hydrogens (tertiary/aromatic N) is 1. The Kier molecular flexibility index (Phi) is 2.26. The van der Waals surface area contributed by atoms with Gasteiger partial charge in [-0.1, -0.05) is 0 Å². The third-order valence-electron chi connectivity index (χ3n) is 3.37. The van der Waals surface area contributed by atoms with Crippen LogP contribution in [-0.2, 0) is 21.5 Å². The van der Waals surface area contributed by atoms with Gasteiger partial charge >= 0.3 is 0 Å². The van der Waals surface area contributed by atoms with Gasteiger partial charge in [0.1, 0.15) is 11.9 Å². The van der Waals surface area contributed by atoms with Crippen LogP contribution in [0.5, 0.6) is 0 Å². The van der Waals surface area contributed by atoms with Gasteiger partial charge in [0.25, 0.3) is 0 Å². The first-order chi connectivity index (χ1) is 7.86. The van der Waals surface area contributed by atoms with Gasteiger partial charge in [-0.25, -0.2) is 0 Å². The monoisotopic (exact) mass is 219 g/mol. The minimum Gasteiger partial charge on any atom is -0.378 e. The third-order valence-corrected chi connectivity index (χ3v) is 3.37. The molecule has 0 N–H and O–H groups in total. The Labute approximate surface area is 93.6 Å². The van der Waals surface area contributed by atoms with Crippen molar-refractivity contribution in [3.63, 3.8) is 0 Å². The Balaban J connectivity index is 2.15. The SMILES string of the molecule is O=Cc1ccnc2c1CCOC21CCOC1. The number of pyridine rings is 1. The number of aldehydes is 1. The number of carbonyl (C=O) groups excluding carboxylic acids is 1. The molecular formula is C12H13NO3. The molecule has 0 amide bonds. The van der Waals surface area contributed by atoms with E-state index in [-0.39, 0.29) is 0 Å². The quantitative estimate of drug-likeness (QED) is 0.663. The lowest BCUT2D eigenvalue weighted by Gasteiger charge is -2.33. The van der Waals surface area contributed by atoms with Crippen molar-refractivity contribution in [2.45, 2.75) is 18.4 Å². The van der Waals surface area contributed by atoms with E-state index in [1.807, 2.05) is 0 Å². The molecule has 0 aliphatic carbocycles. The molecule has 0 radical (unpaired) electrons. The number of hydrogen-bond donors (Lipinski definition) is 0. The Morgan fingerprint density at radius 2 is 2.38 bits per heavy atom. The van der Waals surface area contributed by atoms with Gasteiger partial charge in [-0.05, 0) is 18.1 Å². The first-order valence-electron chi connectivity index (χ1n) is 5.51. The summed E-state index contributed by atoms with van der Waals surface area (Å²) < 4.78 is 11.3. The second-order valence-electron chi connectivity index (χ2n) is 4.24. The van der Waals surface area contributed by atoms with Gasteiger partial charge in [-0.15, -0.1) is 0 Å². The number of fused-ring (bicyclic) bond motifs is 2. The average Bonchev–Trinajstić information content (AvgIpc) is 2.78. The van der Waals surface area contributed by atoms with Crippen LogP contribution in [-0.4, -0.2) is 31.1 Å². The van der Waals surface area contributed by atoms with E-state index in [4.69, 9.17) is 9.47 Å². The predicted molar refractivity (Wildman–Crippen MR) is 56.4 cm³/mol. The van der Waals surface area contributed by atoms with E-state index in [1.165, 1.54) is 0 Å². The molecule has 3 rings (SSSR count). The van der Waals surface area contributed by atoms with E-state index < -0.39 is 5.60 Å². The van der Waals surface area contributed by atoms with E-state index in [0.29, 0.717) is 19.8 Å². The molecule has 84 valence electrons. The molecule has 1 saturated heterocycles. The lowest BCUT2D eigenvalue weighted by molar-refractivity contribution is -0.0665. The van der Waals surface area contributed by atoms with Crippen molar-refractivity contribution >= 4 is 6.29 Å². The summed E-state index contributed by atoms with van der Waals surface area (Å²) in [5.41, 5.74) is 2.28. The van der Waals surface area contributed by atoms with Gasteiger partial charge in [-0.2, -0.15) is 0 Å². The van der Waals surface area contributed by atoms with Gasteiger partial charge in [0.2, 0.25) is 0 Å². The summed E-state index contributed by atoms with van der Waals surface area (Å²) in [4.78, 5) is 15.4. The van der Waals surface area contributed by atoms with Crippen LogP contribution < -0.4 is 0 Å². The van der Waals surface area contributed by atoms with Crippen molar-refractivity contribution in [3.05, 3.63) is 29.1 Å². The molecule has 3 heterocycles. The van der Waals surface area contributed by atoms with Crippen LogP contribution in [0.15, 0.2) is 12.3 Å². The topological polar surface area (TPSA) is 48.4 Å². The summed E-state index contributed by atoms with van der Waals surface area (Å²) in [5, 5.41) is 0. The van der Waals surface area contributed by atoms with Crippen molar-refractivity contribution < 1.29 is 14.3 Å². The summed E-state index contributed by atoms with van der Waals surface area (Å²) in [7, 11) is 0. The summed E-state index contributed by atoms with van der Waals surface area (Å²) in [6.07, 6.45) is 4.17. The molecule has 1 aromatic rings. The molecule has 2 aliphatic rings. The van der Waals surface area contributed by atoms with E-state index in [0.717, 1.165) is 35.9 Å². The molecule has 1 atom stereocenters. The fourth-order valence-corrected chi connectivity index (χ4v) is 2.54. The van der Waals surface area contributed by atoms with Crippen molar-refractivity contribution in [2.75, 3.05) is 19.8 Å². The molecule has 16 heavy (non-hydrogen) atoms. The Bertz CT molecular complexity index is 424. The molecule has 0 saturated carbocycles. The van der Waals surface area contributed by atoms with Crippen LogP contribution in [0.1, 0.15) is 28.0 Å². The van der Waals surface area contributed by atoms with Crippen molar-refractivity contribution in [3.8, 4) is 0 Å². The predicted octanol–water partition coefficient (Wildman–Crippen LogP) is 1.08. The molecule has 4 nitrogen and oxygen atoms in total. The van der Waals surface area contributed by atoms with E-state index in [9.17, 15) is 4.79 Å². The second-order valence-corrected chi connectivity index (χ2v) is 4.24. The van der Waals surface area contributed by atoms with Gasteiger partial charge in [0.15, 0.2) is 0 Å².